The van der Waals surface area contributed by atoms with E-state index in [-0.39, 0.29) is 23.6 Å². The average Bonchev–Trinajstić information content (AvgIpc) is 3.72. The molecule has 1 aliphatic carbocycles. The highest BCUT2D eigenvalue weighted by Gasteiger charge is 2.69. The number of hydrogen-bond donors (Lipinski definition) is 3. The van der Waals surface area contributed by atoms with Crippen LogP contribution in [-0.2, 0) is 10.3 Å². The Balaban J connectivity index is 1.32. The second kappa shape index (κ2) is 10.3. The van der Waals surface area contributed by atoms with Crippen molar-refractivity contribution in [3.8, 4) is 11.5 Å². The van der Waals surface area contributed by atoms with Gasteiger partial charge in [-0.15, -0.1) is 0 Å². The first-order chi connectivity index (χ1) is 19.8. The van der Waals surface area contributed by atoms with Crippen molar-refractivity contribution in [2.75, 3.05) is 19.7 Å². The molecule has 1 saturated heterocycles. The van der Waals surface area contributed by atoms with Crippen LogP contribution in [-0.4, -0.2) is 47.1 Å². The first-order valence-corrected chi connectivity index (χ1v) is 13.4. The van der Waals surface area contributed by atoms with Crippen LogP contribution in [0.15, 0.2) is 84.5 Å². The Morgan fingerprint density at radius 3 is 2.59 bits per heavy atom. The van der Waals surface area contributed by atoms with E-state index >= 15 is 0 Å². The second-order valence-corrected chi connectivity index (χ2v) is 10.7. The summed E-state index contributed by atoms with van der Waals surface area (Å²) in [4.78, 5) is 14.0. The third kappa shape index (κ3) is 4.53. The van der Waals surface area contributed by atoms with Gasteiger partial charge in [-0.2, -0.15) is 0 Å². The van der Waals surface area contributed by atoms with Gasteiger partial charge in [0.15, 0.2) is 5.60 Å². The number of carbonyl (C=O) groups excluding carboxylic acids is 1. The molecular weight excluding hydrogens is 530 g/mol. The monoisotopic (exact) mass is 560 g/mol. The van der Waals surface area contributed by atoms with Crippen LogP contribution in [0.1, 0.15) is 36.1 Å². The lowest BCUT2D eigenvalue weighted by Gasteiger charge is -2.51. The minimum Gasteiger partial charge on any atom is -0.490 e. The standard InChI is InChI=1S/C31H30F2N4O4/c1-3-16-40-23-12-13-26-24(17-23)27(36-39)25-18-31(25,41-26)29(38)35-37-15-14-34-28(19-4-8-21(32)9-5-19)30(37,2)20-6-10-22(33)11-7-20/h3-13,17,25,28,34,39H,1,14-16,18H2,2H3,(H,35,38). The number of carbonyl (C=O) groups is 1. The van der Waals surface area contributed by atoms with Crippen molar-refractivity contribution in [1.29, 1.82) is 0 Å². The van der Waals surface area contributed by atoms with Crippen LogP contribution in [0.4, 0.5) is 8.78 Å². The quantitative estimate of drug-likeness (QED) is 0.225. The van der Waals surface area contributed by atoms with Crippen LogP contribution in [0.2, 0.25) is 0 Å². The highest BCUT2D eigenvalue weighted by Crippen LogP contribution is 2.55. The van der Waals surface area contributed by atoms with Crippen molar-refractivity contribution in [2.24, 2.45) is 11.1 Å². The molecule has 0 spiro atoms. The Hall–Kier alpha value is -4.28. The lowest BCUT2D eigenvalue weighted by Crippen LogP contribution is -2.66. The summed E-state index contributed by atoms with van der Waals surface area (Å²) in [5.74, 6) is -0.588. The van der Waals surface area contributed by atoms with Crippen molar-refractivity contribution in [1.82, 2.24) is 15.8 Å². The molecule has 212 valence electrons. The number of benzene rings is 3. The van der Waals surface area contributed by atoms with Crippen LogP contribution in [0.3, 0.4) is 0 Å². The van der Waals surface area contributed by atoms with Gasteiger partial charge in [0.2, 0.25) is 0 Å². The predicted octanol–water partition coefficient (Wildman–Crippen LogP) is 4.45. The zero-order chi connectivity index (χ0) is 28.8. The van der Waals surface area contributed by atoms with Gasteiger partial charge < -0.3 is 20.0 Å². The molecule has 0 radical (unpaired) electrons. The zero-order valence-electron chi connectivity index (χ0n) is 22.4. The van der Waals surface area contributed by atoms with E-state index in [1.165, 1.54) is 24.3 Å². The minimum atomic E-state index is -1.25. The fourth-order valence-electron chi connectivity index (χ4n) is 6.03. The minimum absolute atomic E-state index is 0.317. The van der Waals surface area contributed by atoms with Gasteiger partial charge in [-0.3, -0.25) is 10.2 Å². The molecule has 0 bridgehead atoms. The molecule has 3 aliphatic rings. The SMILES string of the molecule is C=CCOc1ccc2c(c1)C(=NO)C1CC1(C(=O)NN1CCNC(c3ccc(F)cc3)C1(C)c1ccc(F)cc1)O2. The van der Waals surface area contributed by atoms with Gasteiger partial charge in [0.25, 0.3) is 5.91 Å². The van der Waals surface area contributed by atoms with E-state index in [9.17, 15) is 18.8 Å². The summed E-state index contributed by atoms with van der Waals surface area (Å²) in [5, 5.41) is 18.8. The molecule has 2 heterocycles. The lowest BCUT2D eigenvalue weighted by molar-refractivity contribution is -0.141. The first kappa shape index (κ1) is 26.9. The highest BCUT2D eigenvalue weighted by molar-refractivity contribution is 6.13. The van der Waals surface area contributed by atoms with E-state index in [4.69, 9.17) is 9.47 Å². The fourth-order valence-corrected chi connectivity index (χ4v) is 6.03. The molecule has 8 nitrogen and oxygen atoms in total. The summed E-state index contributed by atoms with van der Waals surface area (Å²) in [6.45, 7) is 6.87. The average molecular weight is 561 g/mol. The van der Waals surface area contributed by atoms with E-state index in [0.29, 0.717) is 48.9 Å². The van der Waals surface area contributed by atoms with Gasteiger partial charge in [-0.1, -0.05) is 42.1 Å². The maximum Gasteiger partial charge on any atom is 0.279 e. The highest BCUT2D eigenvalue weighted by atomic mass is 19.1. The summed E-state index contributed by atoms with van der Waals surface area (Å²) in [6, 6.07) is 17.1. The molecule has 3 aromatic carbocycles. The van der Waals surface area contributed by atoms with Gasteiger partial charge in [0.05, 0.1) is 23.2 Å². The normalized spacial score (nSPS) is 27.7. The van der Waals surface area contributed by atoms with Gasteiger partial charge in [0.1, 0.15) is 29.7 Å². The summed E-state index contributed by atoms with van der Waals surface area (Å²) < 4.78 is 39.6. The van der Waals surface area contributed by atoms with Gasteiger partial charge in [0, 0.05) is 25.1 Å². The van der Waals surface area contributed by atoms with E-state index < -0.39 is 17.1 Å². The number of oxime groups is 1. The smallest absolute Gasteiger partial charge is 0.279 e. The molecule has 1 amide bonds. The first-order valence-electron chi connectivity index (χ1n) is 13.4. The van der Waals surface area contributed by atoms with Crippen LogP contribution in [0.5, 0.6) is 11.5 Å². The third-order valence-electron chi connectivity index (χ3n) is 8.29. The lowest BCUT2D eigenvalue weighted by atomic mass is 9.78. The number of halogens is 2. The molecule has 0 aromatic heterocycles. The second-order valence-electron chi connectivity index (χ2n) is 10.7. The number of nitrogens with zero attached hydrogens (tertiary/aromatic N) is 2. The van der Waals surface area contributed by atoms with E-state index in [1.807, 2.05) is 11.9 Å². The Kier molecular flexibility index (Phi) is 6.75. The van der Waals surface area contributed by atoms with Crippen molar-refractivity contribution in [2.45, 2.75) is 30.5 Å². The number of nitrogens with one attached hydrogen (secondary N) is 2. The molecule has 3 N–H and O–H groups in total. The summed E-state index contributed by atoms with van der Waals surface area (Å²) in [6.07, 6.45) is 1.96. The summed E-state index contributed by atoms with van der Waals surface area (Å²) in [7, 11) is 0. The van der Waals surface area contributed by atoms with E-state index in [0.717, 1.165) is 11.1 Å². The van der Waals surface area contributed by atoms with Crippen molar-refractivity contribution in [3.05, 3.63) is 108 Å². The maximum atomic E-state index is 14.0. The van der Waals surface area contributed by atoms with Crippen molar-refractivity contribution < 1.29 is 28.3 Å². The number of piperazine rings is 1. The number of hydrazine groups is 1. The molecular formula is C31H30F2N4O4. The van der Waals surface area contributed by atoms with Gasteiger partial charge in [-0.25, -0.2) is 13.8 Å². The number of amides is 1. The van der Waals surface area contributed by atoms with Crippen LogP contribution < -0.4 is 20.2 Å². The molecule has 4 unspecified atom stereocenters. The van der Waals surface area contributed by atoms with Crippen molar-refractivity contribution in [3.63, 3.8) is 0 Å². The third-order valence-corrected chi connectivity index (χ3v) is 8.29. The molecule has 10 heteroatoms. The molecule has 3 aromatic rings. The van der Waals surface area contributed by atoms with E-state index in [1.54, 1.807) is 48.5 Å². The summed E-state index contributed by atoms with van der Waals surface area (Å²) in [5.41, 5.74) is 3.44. The Morgan fingerprint density at radius 1 is 1.20 bits per heavy atom. The maximum absolute atomic E-state index is 14.0. The molecule has 2 aliphatic heterocycles. The fraction of sp³-hybridized carbons (Fsp3) is 0.290. The summed E-state index contributed by atoms with van der Waals surface area (Å²) >= 11 is 0. The van der Waals surface area contributed by atoms with E-state index in [2.05, 4.69) is 22.5 Å². The largest absolute Gasteiger partial charge is 0.490 e. The number of rotatable bonds is 7. The van der Waals surface area contributed by atoms with Crippen LogP contribution >= 0.6 is 0 Å². The number of fused-ring (bicyclic) bond motifs is 2. The van der Waals surface area contributed by atoms with Crippen LogP contribution in [0.25, 0.3) is 0 Å². The molecule has 6 rings (SSSR count). The van der Waals surface area contributed by atoms with Crippen molar-refractivity contribution >= 4 is 11.6 Å². The zero-order valence-corrected chi connectivity index (χ0v) is 22.4. The molecule has 4 atom stereocenters. The molecule has 41 heavy (non-hydrogen) atoms. The number of ether oxygens (including phenoxy) is 2. The van der Waals surface area contributed by atoms with Gasteiger partial charge >= 0.3 is 0 Å². The Bertz CT molecular complexity index is 1510. The Labute approximate surface area is 236 Å². The number of hydrogen-bond acceptors (Lipinski definition) is 7. The molecule has 2 fully saturated rings. The predicted molar refractivity (Wildman–Crippen MR) is 148 cm³/mol. The van der Waals surface area contributed by atoms with Gasteiger partial charge in [-0.05, 0) is 60.5 Å². The van der Waals surface area contributed by atoms with Crippen LogP contribution in [0, 0.1) is 17.6 Å². The molecule has 1 saturated carbocycles. The topological polar surface area (TPSA) is 95.4 Å². The Morgan fingerprint density at radius 2 is 1.90 bits per heavy atom.